The highest BCUT2D eigenvalue weighted by atomic mass is 19.4. The maximum atomic E-state index is 11.8. The van der Waals surface area contributed by atoms with E-state index in [0.717, 1.165) is 0 Å². The van der Waals surface area contributed by atoms with Gasteiger partial charge in [0.05, 0.1) is 13.0 Å². The molecule has 1 amide bonds. The predicted molar refractivity (Wildman–Crippen MR) is 68.9 cm³/mol. The normalized spacial score (nSPS) is 11.8. The summed E-state index contributed by atoms with van der Waals surface area (Å²) in [7, 11) is 0. The lowest BCUT2D eigenvalue weighted by Crippen LogP contribution is -2.20. The molecule has 5 nitrogen and oxygen atoms in total. The molecule has 0 radical (unpaired) electrons. The Morgan fingerprint density at radius 2 is 2.19 bits per heavy atom. The number of nitrogens with zero attached hydrogens (tertiary/aromatic N) is 1. The molecule has 21 heavy (non-hydrogen) atoms. The summed E-state index contributed by atoms with van der Waals surface area (Å²) in [6.45, 7) is 0.0529. The average Bonchev–Trinajstić information content (AvgIpc) is 2.73. The van der Waals surface area contributed by atoms with Crippen LogP contribution >= 0.6 is 0 Å². The Hall–Kier alpha value is -2.09. The smallest absolute Gasteiger partial charge is 0.411 e. The number of amides is 1. The molecule has 0 aliphatic rings. The fraction of sp³-hybridized carbons (Fsp3) is 0.385. The van der Waals surface area contributed by atoms with Crippen LogP contribution in [-0.2, 0) is 9.53 Å². The molecule has 8 heteroatoms. The highest BCUT2D eigenvalue weighted by molar-refractivity contribution is 5.92. The number of benzene rings is 1. The van der Waals surface area contributed by atoms with Crippen LogP contribution in [0.25, 0.3) is 11.1 Å². The highest BCUT2D eigenvalue weighted by Crippen LogP contribution is 2.20. The van der Waals surface area contributed by atoms with Crippen LogP contribution in [0, 0.1) is 6.92 Å². The number of hydrogen-bond donors (Lipinski definition) is 1. The number of oxazole rings is 1. The zero-order valence-corrected chi connectivity index (χ0v) is 11.2. The van der Waals surface area contributed by atoms with Gasteiger partial charge in [-0.2, -0.15) is 13.2 Å². The van der Waals surface area contributed by atoms with Crippen molar-refractivity contribution < 1.29 is 27.1 Å². The molecule has 0 saturated carbocycles. The Kier molecular flexibility index (Phi) is 4.46. The Labute approximate surface area is 118 Å². The number of halogens is 3. The van der Waals surface area contributed by atoms with Crippen molar-refractivity contribution in [2.24, 2.45) is 0 Å². The Morgan fingerprint density at radius 1 is 1.43 bits per heavy atom. The summed E-state index contributed by atoms with van der Waals surface area (Å²) >= 11 is 0. The number of fused-ring (bicyclic) bond motifs is 1. The number of nitrogens with one attached hydrogen (secondary N) is 1. The first-order chi connectivity index (χ1) is 9.83. The molecule has 0 saturated heterocycles. The van der Waals surface area contributed by atoms with E-state index in [1.165, 1.54) is 0 Å². The molecule has 0 spiro atoms. The maximum Gasteiger partial charge on any atom is 0.411 e. The third-order valence-electron chi connectivity index (χ3n) is 2.52. The van der Waals surface area contributed by atoms with E-state index in [9.17, 15) is 18.0 Å². The van der Waals surface area contributed by atoms with Crippen LogP contribution in [0.5, 0.6) is 0 Å². The van der Waals surface area contributed by atoms with Crippen LogP contribution in [0.4, 0.5) is 18.9 Å². The van der Waals surface area contributed by atoms with Gasteiger partial charge in [-0.1, -0.05) is 0 Å². The van der Waals surface area contributed by atoms with E-state index in [-0.39, 0.29) is 13.0 Å². The molecule has 1 aromatic carbocycles. The van der Waals surface area contributed by atoms with Gasteiger partial charge in [0.15, 0.2) is 11.5 Å². The third kappa shape index (κ3) is 4.75. The molecule has 0 aliphatic heterocycles. The van der Waals surface area contributed by atoms with E-state index in [0.29, 0.717) is 22.7 Å². The van der Waals surface area contributed by atoms with Crippen molar-refractivity contribution in [3.05, 3.63) is 24.1 Å². The third-order valence-corrected chi connectivity index (χ3v) is 2.52. The lowest BCUT2D eigenvalue weighted by molar-refractivity contribution is -0.174. The minimum atomic E-state index is -4.38. The van der Waals surface area contributed by atoms with Crippen molar-refractivity contribution in [2.75, 3.05) is 18.5 Å². The fourth-order valence-electron chi connectivity index (χ4n) is 1.70. The number of carbonyl (C=O) groups is 1. The number of hydrogen-bond acceptors (Lipinski definition) is 4. The Balaban J connectivity index is 1.83. The lowest BCUT2D eigenvalue weighted by Gasteiger charge is -2.08. The number of rotatable bonds is 5. The highest BCUT2D eigenvalue weighted by Gasteiger charge is 2.27. The molecular weight excluding hydrogens is 289 g/mol. The van der Waals surface area contributed by atoms with Crippen LogP contribution in [0.3, 0.4) is 0 Å². The van der Waals surface area contributed by atoms with Crippen molar-refractivity contribution in [3.8, 4) is 0 Å². The second-order valence-electron chi connectivity index (χ2n) is 4.38. The molecule has 1 N–H and O–H groups in total. The molecule has 2 rings (SSSR count). The summed E-state index contributed by atoms with van der Waals surface area (Å²) in [6, 6.07) is 4.91. The summed E-state index contributed by atoms with van der Waals surface area (Å²) in [4.78, 5) is 15.7. The van der Waals surface area contributed by atoms with Gasteiger partial charge in [0, 0.05) is 12.6 Å². The van der Waals surface area contributed by atoms with Crippen LogP contribution in [-0.4, -0.2) is 30.3 Å². The number of aryl methyl sites for hydroxylation is 1. The lowest BCUT2D eigenvalue weighted by atomic mass is 10.3. The van der Waals surface area contributed by atoms with Crippen LogP contribution in [0.2, 0.25) is 0 Å². The van der Waals surface area contributed by atoms with Gasteiger partial charge in [-0.15, -0.1) is 0 Å². The summed E-state index contributed by atoms with van der Waals surface area (Å²) < 4.78 is 45.2. The van der Waals surface area contributed by atoms with Gasteiger partial charge in [0.25, 0.3) is 0 Å². The van der Waals surface area contributed by atoms with Gasteiger partial charge in [-0.05, 0) is 18.2 Å². The molecule has 1 heterocycles. The van der Waals surface area contributed by atoms with E-state index in [1.54, 1.807) is 25.1 Å². The molecule has 1 aromatic heterocycles. The standard InChI is InChI=1S/C13H13F3N2O3/c1-8-17-10-6-9(2-3-11(10)21-8)18-12(19)4-5-20-7-13(14,15)16/h2-3,6H,4-5,7H2,1H3,(H,18,19). The number of carbonyl (C=O) groups excluding carboxylic acids is 1. The van der Waals surface area contributed by atoms with Crippen molar-refractivity contribution in [2.45, 2.75) is 19.5 Å². The zero-order chi connectivity index (χ0) is 15.5. The Morgan fingerprint density at radius 3 is 2.90 bits per heavy atom. The minimum Gasteiger partial charge on any atom is -0.441 e. The Bertz CT molecular complexity index is 637. The zero-order valence-electron chi connectivity index (χ0n) is 11.2. The SMILES string of the molecule is Cc1nc2cc(NC(=O)CCOCC(F)(F)F)ccc2o1. The molecule has 0 atom stereocenters. The van der Waals surface area contributed by atoms with Crippen molar-refractivity contribution in [3.63, 3.8) is 0 Å². The number of aromatic nitrogens is 1. The molecule has 0 bridgehead atoms. The van der Waals surface area contributed by atoms with Crippen molar-refractivity contribution >= 4 is 22.7 Å². The summed E-state index contributed by atoms with van der Waals surface area (Å²) in [6.07, 6.45) is -4.54. The van der Waals surface area contributed by atoms with Crippen LogP contribution < -0.4 is 5.32 Å². The monoisotopic (exact) mass is 302 g/mol. The van der Waals surface area contributed by atoms with E-state index in [4.69, 9.17) is 4.42 Å². The quantitative estimate of drug-likeness (QED) is 0.862. The van der Waals surface area contributed by atoms with Gasteiger partial charge in [0.2, 0.25) is 5.91 Å². The second kappa shape index (κ2) is 6.13. The largest absolute Gasteiger partial charge is 0.441 e. The fourth-order valence-corrected chi connectivity index (χ4v) is 1.70. The van der Waals surface area contributed by atoms with Crippen LogP contribution in [0.1, 0.15) is 12.3 Å². The first-order valence-electron chi connectivity index (χ1n) is 6.15. The van der Waals surface area contributed by atoms with Crippen molar-refractivity contribution in [1.29, 1.82) is 0 Å². The predicted octanol–water partition coefficient (Wildman–Crippen LogP) is 3.04. The van der Waals surface area contributed by atoms with Crippen molar-refractivity contribution in [1.82, 2.24) is 4.98 Å². The molecular formula is C13H13F3N2O3. The topological polar surface area (TPSA) is 64.4 Å². The second-order valence-corrected chi connectivity index (χ2v) is 4.38. The summed E-state index contributed by atoms with van der Waals surface area (Å²) in [5.74, 6) is 0.0748. The first kappa shape index (κ1) is 15.3. The van der Waals surface area contributed by atoms with Gasteiger partial charge < -0.3 is 14.5 Å². The van der Waals surface area contributed by atoms with E-state index in [1.807, 2.05) is 0 Å². The van der Waals surface area contributed by atoms with E-state index in [2.05, 4.69) is 15.0 Å². The summed E-state index contributed by atoms with van der Waals surface area (Å²) in [5.41, 5.74) is 1.69. The van der Waals surface area contributed by atoms with Crippen LogP contribution in [0.15, 0.2) is 22.6 Å². The maximum absolute atomic E-state index is 11.8. The van der Waals surface area contributed by atoms with Gasteiger partial charge in [-0.3, -0.25) is 4.79 Å². The number of anilines is 1. The van der Waals surface area contributed by atoms with Gasteiger partial charge >= 0.3 is 6.18 Å². The molecule has 0 aliphatic carbocycles. The molecule has 0 fully saturated rings. The number of ether oxygens (including phenoxy) is 1. The molecule has 2 aromatic rings. The van der Waals surface area contributed by atoms with E-state index >= 15 is 0 Å². The molecule has 114 valence electrons. The van der Waals surface area contributed by atoms with Gasteiger partial charge in [0.1, 0.15) is 12.1 Å². The first-order valence-corrected chi connectivity index (χ1v) is 6.15. The summed E-state index contributed by atoms with van der Waals surface area (Å²) in [5, 5.41) is 2.56. The van der Waals surface area contributed by atoms with E-state index < -0.39 is 18.7 Å². The number of alkyl halides is 3. The van der Waals surface area contributed by atoms with Gasteiger partial charge in [-0.25, -0.2) is 4.98 Å². The minimum absolute atomic E-state index is 0.161. The average molecular weight is 302 g/mol. The molecule has 0 unspecified atom stereocenters.